The molecule has 0 heterocycles. The van der Waals surface area contributed by atoms with Crippen LogP contribution in [0.2, 0.25) is 0 Å². The van der Waals surface area contributed by atoms with E-state index in [1.807, 2.05) is 0 Å². The highest BCUT2D eigenvalue weighted by atomic mass is 16.5. The molecule has 5 heteroatoms. The van der Waals surface area contributed by atoms with Crippen LogP contribution in [0.25, 0.3) is 0 Å². The first-order valence-corrected chi connectivity index (χ1v) is 5.64. The molecule has 0 aliphatic heterocycles. The zero-order valence-corrected chi connectivity index (χ0v) is 10.7. The van der Waals surface area contributed by atoms with Gasteiger partial charge in [-0.1, -0.05) is 12.7 Å². The van der Waals surface area contributed by atoms with E-state index in [1.165, 1.54) is 6.08 Å². The third kappa shape index (κ3) is 5.44. The third-order valence-electron chi connectivity index (χ3n) is 2.06. The van der Waals surface area contributed by atoms with Crippen molar-refractivity contribution in [1.29, 1.82) is 10.5 Å². The molecule has 1 aromatic carbocycles. The highest BCUT2D eigenvalue weighted by Crippen LogP contribution is 2.17. The summed E-state index contributed by atoms with van der Waals surface area (Å²) in [5, 5.41) is 16.8. The van der Waals surface area contributed by atoms with Crippen molar-refractivity contribution in [2.45, 2.75) is 0 Å². The summed E-state index contributed by atoms with van der Waals surface area (Å²) in [4.78, 5) is 0. The van der Waals surface area contributed by atoms with Crippen molar-refractivity contribution in [3.63, 3.8) is 0 Å². The van der Waals surface area contributed by atoms with E-state index in [4.69, 9.17) is 15.3 Å². The molecule has 1 rings (SSSR count). The average molecular weight is 268 g/mol. The van der Waals surface area contributed by atoms with Crippen LogP contribution in [-0.4, -0.2) is 6.61 Å². The molecule has 0 aromatic heterocycles. The first-order chi connectivity index (χ1) is 9.80. The van der Waals surface area contributed by atoms with Gasteiger partial charge >= 0.3 is 0 Å². The first kappa shape index (κ1) is 14.9. The number of benzene rings is 1. The van der Waals surface area contributed by atoms with Crippen LogP contribution in [0, 0.1) is 23.0 Å². The quantitative estimate of drug-likeness (QED) is 0.431. The van der Waals surface area contributed by atoms with Gasteiger partial charge in [-0.3, -0.25) is 0 Å². The number of rotatable bonds is 7. The normalized spacial score (nSPS) is 10.4. The summed E-state index contributed by atoms with van der Waals surface area (Å²) in [5.41, 5.74) is 0. The van der Waals surface area contributed by atoms with Crippen molar-refractivity contribution < 1.29 is 14.2 Å². The van der Waals surface area contributed by atoms with Crippen LogP contribution < -0.4 is 9.47 Å². The van der Waals surface area contributed by atoms with Crippen LogP contribution in [-0.2, 0) is 4.74 Å². The summed E-state index contributed by atoms with van der Waals surface area (Å²) in [6.07, 6.45) is 9.56. The van der Waals surface area contributed by atoms with E-state index in [0.29, 0.717) is 23.9 Å². The Morgan fingerprint density at radius 1 is 1.15 bits per heavy atom. The fourth-order valence-electron chi connectivity index (χ4n) is 1.26. The van der Waals surface area contributed by atoms with Crippen LogP contribution in [0.4, 0.5) is 0 Å². The standard InChI is InChI=1S/C15H12N2O3/c1-2-4-13(19-11-16)5-3-10-18-14-6-8-15(9-7-14)20-12-17/h2-9H,1,10H2/b5-3-,13-4+. The summed E-state index contributed by atoms with van der Waals surface area (Å²) in [7, 11) is 0. The predicted octanol–water partition coefficient (Wildman–Crippen LogP) is 3.05. The van der Waals surface area contributed by atoms with Gasteiger partial charge in [-0.05, 0) is 42.5 Å². The van der Waals surface area contributed by atoms with E-state index in [2.05, 4.69) is 16.1 Å². The monoisotopic (exact) mass is 268 g/mol. The highest BCUT2D eigenvalue weighted by Gasteiger charge is 1.95. The molecular weight excluding hydrogens is 256 g/mol. The maximum Gasteiger partial charge on any atom is 0.292 e. The first-order valence-electron chi connectivity index (χ1n) is 5.64. The molecule has 1 aromatic rings. The SMILES string of the molecule is C=C/C=C(\C=C/COc1ccc(OC#N)cc1)OC#N. The number of ether oxygens (including phenoxy) is 3. The second-order valence-corrected chi connectivity index (χ2v) is 3.38. The van der Waals surface area contributed by atoms with Crippen molar-refractivity contribution in [3.8, 4) is 24.0 Å². The van der Waals surface area contributed by atoms with E-state index < -0.39 is 0 Å². The maximum atomic E-state index is 8.42. The van der Waals surface area contributed by atoms with Gasteiger partial charge in [-0.25, -0.2) is 0 Å². The lowest BCUT2D eigenvalue weighted by molar-refractivity contribution is 0.359. The second kappa shape index (κ2) is 8.84. The van der Waals surface area contributed by atoms with Crippen molar-refractivity contribution in [1.82, 2.24) is 0 Å². The van der Waals surface area contributed by atoms with Gasteiger partial charge in [0.2, 0.25) is 0 Å². The molecule has 0 N–H and O–H groups in total. The van der Waals surface area contributed by atoms with E-state index >= 15 is 0 Å². The van der Waals surface area contributed by atoms with Crippen LogP contribution in [0.1, 0.15) is 0 Å². The maximum absolute atomic E-state index is 8.42. The van der Waals surface area contributed by atoms with Crippen molar-refractivity contribution in [2.24, 2.45) is 0 Å². The van der Waals surface area contributed by atoms with Crippen molar-refractivity contribution >= 4 is 0 Å². The van der Waals surface area contributed by atoms with E-state index in [-0.39, 0.29) is 0 Å². The fourth-order valence-corrected chi connectivity index (χ4v) is 1.26. The van der Waals surface area contributed by atoms with Crippen LogP contribution in [0.3, 0.4) is 0 Å². The van der Waals surface area contributed by atoms with Gasteiger partial charge in [-0.15, -0.1) is 10.5 Å². The Kier molecular flexibility index (Phi) is 6.58. The molecular formula is C15H12N2O3. The summed E-state index contributed by atoms with van der Waals surface area (Å²) in [5.74, 6) is 1.47. The molecule has 0 saturated carbocycles. The molecule has 0 radical (unpaired) electrons. The Morgan fingerprint density at radius 3 is 2.45 bits per heavy atom. The zero-order valence-electron chi connectivity index (χ0n) is 10.7. The Hall–Kier alpha value is -3.18. The van der Waals surface area contributed by atoms with Gasteiger partial charge in [0.25, 0.3) is 12.5 Å². The molecule has 0 amide bonds. The molecule has 0 spiro atoms. The minimum Gasteiger partial charge on any atom is -0.490 e. The van der Waals surface area contributed by atoms with Gasteiger partial charge in [0.15, 0.2) is 0 Å². The largest absolute Gasteiger partial charge is 0.490 e. The summed E-state index contributed by atoms with van der Waals surface area (Å²) >= 11 is 0. The van der Waals surface area contributed by atoms with E-state index in [9.17, 15) is 0 Å². The smallest absolute Gasteiger partial charge is 0.292 e. The lowest BCUT2D eigenvalue weighted by atomic mass is 10.3. The lowest BCUT2D eigenvalue weighted by Crippen LogP contribution is -1.94. The summed E-state index contributed by atoms with van der Waals surface area (Å²) in [6.45, 7) is 3.82. The molecule has 5 nitrogen and oxygen atoms in total. The highest BCUT2D eigenvalue weighted by molar-refractivity contribution is 5.32. The molecule has 0 saturated heterocycles. The Labute approximate surface area is 117 Å². The average Bonchev–Trinajstić information content (AvgIpc) is 2.46. The van der Waals surface area contributed by atoms with Gasteiger partial charge in [0.1, 0.15) is 23.9 Å². The van der Waals surface area contributed by atoms with Gasteiger partial charge < -0.3 is 14.2 Å². The number of nitriles is 2. The molecule has 0 aliphatic rings. The minimum absolute atomic E-state index is 0.307. The van der Waals surface area contributed by atoms with Crippen LogP contribution in [0.15, 0.2) is 60.9 Å². The second-order valence-electron chi connectivity index (χ2n) is 3.38. The Bertz CT molecular complexity index is 575. The minimum atomic E-state index is 0.307. The summed E-state index contributed by atoms with van der Waals surface area (Å²) in [6, 6.07) is 6.63. The van der Waals surface area contributed by atoms with Crippen LogP contribution >= 0.6 is 0 Å². The van der Waals surface area contributed by atoms with Crippen molar-refractivity contribution in [2.75, 3.05) is 6.61 Å². The lowest BCUT2D eigenvalue weighted by Gasteiger charge is -2.03. The number of hydrogen-bond donors (Lipinski definition) is 0. The van der Waals surface area contributed by atoms with Gasteiger partial charge in [0, 0.05) is 0 Å². The molecule has 0 aliphatic carbocycles. The molecule has 0 fully saturated rings. The topological polar surface area (TPSA) is 75.3 Å². The number of nitrogens with zero attached hydrogens (tertiary/aromatic N) is 2. The molecule has 100 valence electrons. The van der Waals surface area contributed by atoms with Gasteiger partial charge in [0.05, 0.1) is 0 Å². The van der Waals surface area contributed by atoms with E-state index in [0.717, 1.165) is 0 Å². The third-order valence-corrected chi connectivity index (χ3v) is 2.06. The Morgan fingerprint density at radius 2 is 1.85 bits per heavy atom. The molecule has 0 unspecified atom stereocenters. The Balaban J connectivity index is 2.47. The molecule has 0 bridgehead atoms. The van der Waals surface area contributed by atoms with E-state index in [1.54, 1.807) is 55.0 Å². The molecule has 20 heavy (non-hydrogen) atoms. The van der Waals surface area contributed by atoms with Crippen molar-refractivity contribution in [3.05, 3.63) is 60.9 Å². The summed E-state index contributed by atoms with van der Waals surface area (Å²) < 4.78 is 14.8. The zero-order chi connectivity index (χ0) is 14.6. The van der Waals surface area contributed by atoms with Crippen LogP contribution in [0.5, 0.6) is 11.5 Å². The molecule has 0 atom stereocenters. The van der Waals surface area contributed by atoms with Gasteiger partial charge in [-0.2, -0.15) is 0 Å². The fraction of sp³-hybridized carbons (Fsp3) is 0.0667. The number of hydrogen-bond acceptors (Lipinski definition) is 5. The predicted molar refractivity (Wildman–Crippen MR) is 72.3 cm³/mol. The number of allylic oxidation sites excluding steroid dienone is 3.